The standard InChI is InChI=1S/C11H14FNO.ClH/c1-14-9-4-2-3-8(10(9)12)11(13)7-5-6-7;/h2-4,7,11H,5-6,13H2,1H3;1H/t11-;/m0./s1. The van der Waals surface area contributed by atoms with Gasteiger partial charge in [0.25, 0.3) is 0 Å². The van der Waals surface area contributed by atoms with E-state index in [1.165, 1.54) is 7.11 Å². The van der Waals surface area contributed by atoms with Gasteiger partial charge in [0.15, 0.2) is 11.6 Å². The molecule has 1 fully saturated rings. The van der Waals surface area contributed by atoms with Gasteiger partial charge in [-0.25, -0.2) is 4.39 Å². The van der Waals surface area contributed by atoms with Crippen LogP contribution in [0.1, 0.15) is 24.4 Å². The Morgan fingerprint density at radius 1 is 1.47 bits per heavy atom. The van der Waals surface area contributed by atoms with E-state index in [0.717, 1.165) is 12.8 Å². The highest BCUT2D eigenvalue weighted by Gasteiger charge is 2.31. The molecule has 1 aromatic rings. The lowest BCUT2D eigenvalue weighted by Crippen LogP contribution is -2.14. The van der Waals surface area contributed by atoms with E-state index in [9.17, 15) is 4.39 Å². The third-order valence-electron chi connectivity index (χ3n) is 2.70. The van der Waals surface area contributed by atoms with Crippen molar-refractivity contribution in [1.29, 1.82) is 0 Å². The molecule has 0 spiro atoms. The fourth-order valence-electron chi connectivity index (χ4n) is 1.65. The molecule has 1 atom stereocenters. The van der Waals surface area contributed by atoms with Gasteiger partial charge in [-0.05, 0) is 24.8 Å². The number of halogens is 2. The first-order chi connectivity index (χ1) is 6.74. The third-order valence-corrected chi connectivity index (χ3v) is 2.70. The first-order valence-electron chi connectivity index (χ1n) is 4.82. The average Bonchev–Trinajstić information content (AvgIpc) is 3.00. The number of hydrogen-bond acceptors (Lipinski definition) is 2. The van der Waals surface area contributed by atoms with Gasteiger partial charge in [0.05, 0.1) is 7.11 Å². The Bertz CT molecular complexity index is 341. The molecule has 0 heterocycles. The van der Waals surface area contributed by atoms with E-state index in [1.54, 1.807) is 18.2 Å². The summed E-state index contributed by atoms with van der Waals surface area (Å²) < 4.78 is 18.6. The molecule has 0 saturated heterocycles. The lowest BCUT2D eigenvalue weighted by Gasteiger charge is -2.13. The highest BCUT2D eigenvalue weighted by atomic mass is 35.5. The van der Waals surface area contributed by atoms with Crippen molar-refractivity contribution >= 4 is 12.4 Å². The van der Waals surface area contributed by atoms with Gasteiger partial charge < -0.3 is 10.5 Å². The van der Waals surface area contributed by atoms with Crippen LogP contribution in [0.15, 0.2) is 18.2 Å². The van der Waals surface area contributed by atoms with E-state index in [-0.39, 0.29) is 30.0 Å². The minimum absolute atomic E-state index is 0. The number of nitrogens with two attached hydrogens (primary N) is 1. The van der Waals surface area contributed by atoms with Crippen LogP contribution in [0.3, 0.4) is 0 Å². The molecule has 1 saturated carbocycles. The zero-order valence-corrected chi connectivity index (χ0v) is 9.39. The SMILES string of the molecule is COc1cccc([C@@H](N)C2CC2)c1F.Cl. The molecule has 1 aliphatic rings. The van der Waals surface area contributed by atoms with Crippen molar-refractivity contribution in [2.24, 2.45) is 11.7 Å². The molecule has 0 amide bonds. The summed E-state index contributed by atoms with van der Waals surface area (Å²) in [4.78, 5) is 0. The smallest absolute Gasteiger partial charge is 0.169 e. The number of rotatable bonds is 3. The fraction of sp³-hybridized carbons (Fsp3) is 0.455. The van der Waals surface area contributed by atoms with E-state index in [0.29, 0.717) is 11.5 Å². The lowest BCUT2D eigenvalue weighted by molar-refractivity contribution is 0.381. The van der Waals surface area contributed by atoms with Crippen LogP contribution in [0, 0.1) is 11.7 Å². The normalized spacial score (nSPS) is 16.7. The van der Waals surface area contributed by atoms with Crippen LogP contribution >= 0.6 is 12.4 Å². The molecule has 1 aromatic carbocycles. The van der Waals surface area contributed by atoms with E-state index < -0.39 is 0 Å². The number of methoxy groups -OCH3 is 1. The van der Waals surface area contributed by atoms with Crippen molar-refractivity contribution in [3.63, 3.8) is 0 Å². The topological polar surface area (TPSA) is 35.2 Å². The molecule has 2 nitrogen and oxygen atoms in total. The van der Waals surface area contributed by atoms with E-state index in [1.807, 2.05) is 0 Å². The summed E-state index contributed by atoms with van der Waals surface area (Å²) in [7, 11) is 1.46. The summed E-state index contributed by atoms with van der Waals surface area (Å²) in [5, 5.41) is 0. The predicted molar refractivity (Wildman–Crippen MR) is 59.9 cm³/mol. The molecule has 4 heteroatoms. The molecule has 2 N–H and O–H groups in total. The Hall–Kier alpha value is -0.800. The van der Waals surface area contributed by atoms with Gasteiger partial charge in [-0.15, -0.1) is 12.4 Å². The van der Waals surface area contributed by atoms with Crippen LogP contribution in [0.2, 0.25) is 0 Å². The molecule has 1 aliphatic carbocycles. The molecule has 0 radical (unpaired) electrons. The molecule has 0 bridgehead atoms. The number of hydrogen-bond donors (Lipinski definition) is 1. The van der Waals surface area contributed by atoms with Crippen molar-refractivity contribution in [2.45, 2.75) is 18.9 Å². The van der Waals surface area contributed by atoms with Gasteiger partial charge in [-0.2, -0.15) is 0 Å². The summed E-state index contributed by atoms with van der Waals surface area (Å²) in [6, 6.07) is 4.95. The van der Waals surface area contributed by atoms with Crippen LogP contribution in [0.25, 0.3) is 0 Å². The van der Waals surface area contributed by atoms with E-state index >= 15 is 0 Å². The van der Waals surface area contributed by atoms with Crippen molar-refractivity contribution in [1.82, 2.24) is 0 Å². The average molecular weight is 232 g/mol. The lowest BCUT2D eigenvalue weighted by atomic mass is 10.0. The molecular weight excluding hydrogens is 217 g/mol. The van der Waals surface area contributed by atoms with Crippen molar-refractivity contribution < 1.29 is 9.13 Å². The van der Waals surface area contributed by atoms with Crippen molar-refractivity contribution in [3.8, 4) is 5.75 Å². The van der Waals surface area contributed by atoms with Gasteiger partial charge in [0.1, 0.15) is 0 Å². The summed E-state index contributed by atoms with van der Waals surface area (Å²) in [5.41, 5.74) is 6.50. The summed E-state index contributed by atoms with van der Waals surface area (Å²) >= 11 is 0. The van der Waals surface area contributed by atoms with Gasteiger partial charge in [-0.1, -0.05) is 12.1 Å². The molecule has 15 heavy (non-hydrogen) atoms. The number of benzene rings is 1. The summed E-state index contributed by atoms with van der Waals surface area (Å²) in [5.74, 6) is 0.421. The first-order valence-corrected chi connectivity index (χ1v) is 4.82. The number of ether oxygens (including phenoxy) is 1. The van der Waals surface area contributed by atoms with Crippen LogP contribution in [0.5, 0.6) is 5.75 Å². The van der Waals surface area contributed by atoms with Crippen molar-refractivity contribution in [2.75, 3.05) is 7.11 Å². The molecular formula is C11H15ClFNO. The van der Waals surface area contributed by atoms with Gasteiger partial charge >= 0.3 is 0 Å². The second-order valence-electron chi connectivity index (χ2n) is 3.73. The highest BCUT2D eigenvalue weighted by Crippen LogP contribution is 2.41. The van der Waals surface area contributed by atoms with E-state index in [2.05, 4.69) is 0 Å². The van der Waals surface area contributed by atoms with Crippen LogP contribution < -0.4 is 10.5 Å². The zero-order chi connectivity index (χ0) is 10.1. The van der Waals surface area contributed by atoms with Gasteiger partial charge in [0.2, 0.25) is 0 Å². The van der Waals surface area contributed by atoms with Crippen LogP contribution in [-0.4, -0.2) is 7.11 Å². The largest absolute Gasteiger partial charge is 0.494 e. The van der Waals surface area contributed by atoms with E-state index in [4.69, 9.17) is 10.5 Å². The maximum atomic E-state index is 13.7. The quantitative estimate of drug-likeness (QED) is 0.868. The predicted octanol–water partition coefficient (Wildman–Crippen LogP) is 2.67. The Labute approximate surface area is 95.0 Å². The minimum Gasteiger partial charge on any atom is -0.494 e. The van der Waals surface area contributed by atoms with Crippen LogP contribution in [-0.2, 0) is 0 Å². The second-order valence-corrected chi connectivity index (χ2v) is 3.73. The maximum absolute atomic E-state index is 13.7. The minimum atomic E-state index is -0.311. The monoisotopic (exact) mass is 231 g/mol. The molecule has 0 aliphatic heterocycles. The van der Waals surface area contributed by atoms with Crippen molar-refractivity contribution in [3.05, 3.63) is 29.6 Å². The van der Waals surface area contributed by atoms with Crippen LogP contribution in [0.4, 0.5) is 4.39 Å². The highest BCUT2D eigenvalue weighted by molar-refractivity contribution is 5.85. The second kappa shape index (κ2) is 4.81. The molecule has 0 unspecified atom stereocenters. The maximum Gasteiger partial charge on any atom is 0.169 e. The van der Waals surface area contributed by atoms with Gasteiger partial charge in [0, 0.05) is 11.6 Å². The summed E-state index contributed by atoms with van der Waals surface area (Å²) in [6.07, 6.45) is 2.22. The zero-order valence-electron chi connectivity index (χ0n) is 8.57. The molecule has 2 rings (SSSR count). The molecule has 84 valence electrons. The molecule has 0 aromatic heterocycles. The van der Waals surface area contributed by atoms with Gasteiger partial charge in [-0.3, -0.25) is 0 Å². The summed E-state index contributed by atoms with van der Waals surface area (Å²) in [6.45, 7) is 0. The fourth-order valence-corrected chi connectivity index (χ4v) is 1.65. The Morgan fingerprint density at radius 2 is 2.13 bits per heavy atom. The Morgan fingerprint density at radius 3 is 2.67 bits per heavy atom. The first kappa shape index (κ1) is 12.3. The Kier molecular flexibility index (Phi) is 3.94. The Balaban J connectivity index is 0.00000112. The third kappa shape index (κ3) is 2.41.